The van der Waals surface area contributed by atoms with Crippen molar-refractivity contribution >= 4 is 23.2 Å². The highest BCUT2D eigenvalue weighted by Gasteiger charge is 2.53. The van der Waals surface area contributed by atoms with Crippen LogP contribution in [-0.2, 0) is 9.59 Å². The van der Waals surface area contributed by atoms with Crippen LogP contribution in [0, 0.1) is 46.3 Å². The zero-order valence-electron chi connectivity index (χ0n) is 22.5. The number of amides is 2. The quantitative estimate of drug-likeness (QED) is 0.235. The lowest BCUT2D eigenvalue weighted by Gasteiger charge is -2.56. The fourth-order valence-corrected chi connectivity index (χ4v) is 10.3. The molecule has 0 aromatic rings. The Labute approximate surface area is 216 Å². The van der Waals surface area contributed by atoms with E-state index in [1.807, 2.05) is 0 Å². The molecule has 198 valence electrons. The largest absolute Gasteiger partial charge is 0.273 e. The molecule has 0 atom stereocenters. The number of unbranched alkanes of at least 4 members (excludes halogenated alkanes) is 1. The van der Waals surface area contributed by atoms with Gasteiger partial charge in [0, 0.05) is 35.1 Å². The van der Waals surface area contributed by atoms with E-state index in [-0.39, 0.29) is 22.6 Å². The first-order chi connectivity index (χ1) is 17.3. The fraction of sp³-hybridized carbons (Fsp3) is 0.867. The molecular weight excluding hydrogens is 448 g/mol. The second-order valence-electron chi connectivity index (χ2n) is 14.1. The third-order valence-electron chi connectivity index (χ3n) is 11.4. The van der Waals surface area contributed by atoms with Crippen LogP contribution in [0.5, 0.6) is 0 Å². The molecule has 0 unspecified atom stereocenters. The Morgan fingerprint density at radius 1 is 0.583 bits per heavy atom. The SMILES string of the molecule is C/C(=N\NC(=O)CCCCC(=O)N/N=C(\C)C12CC3CC(CC(C3)C1)C2)C12CC3CC(CC(C3)C1)C2. The Morgan fingerprint density at radius 2 is 0.861 bits per heavy atom. The zero-order valence-corrected chi connectivity index (χ0v) is 22.5. The van der Waals surface area contributed by atoms with Gasteiger partial charge in [-0.3, -0.25) is 9.59 Å². The van der Waals surface area contributed by atoms with Crippen molar-refractivity contribution < 1.29 is 9.59 Å². The first-order valence-corrected chi connectivity index (χ1v) is 15.0. The zero-order chi connectivity index (χ0) is 24.9. The second-order valence-corrected chi connectivity index (χ2v) is 14.1. The topological polar surface area (TPSA) is 82.9 Å². The van der Waals surface area contributed by atoms with Crippen molar-refractivity contribution in [2.24, 2.45) is 56.5 Å². The Hall–Kier alpha value is -1.72. The van der Waals surface area contributed by atoms with Gasteiger partial charge in [0.1, 0.15) is 0 Å². The monoisotopic (exact) mass is 494 g/mol. The van der Waals surface area contributed by atoms with Crippen molar-refractivity contribution in [1.29, 1.82) is 0 Å². The summed E-state index contributed by atoms with van der Waals surface area (Å²) >= 11 is 0. The lowest BCUT2D eigenvalue weighted by Crippen LogP contribution is -2.49. The highest BCUT2D eigenvalue weighted by molar-refractivity contribution is 5.90. The molecule has 6 nitrogen and oxygen atoms in total. The number of hydrogen-bond donors (Lipinski definition) is 2. The second kappa shape index (κ2) is 9.54. The smallest absolute Gasteiger partial charge is 0.240 e. The number of hydrazone groups is 2. The lowest BCUT2D eigenvalue weighted by atomic mass is 9.48. The van der Waals surface area contributed by atoms with Gasteiger partial charge >= 0.3 is 0 Å². The number of carbonyl (C=O) groups is 2. The molecule has 8 bridgehead atoms. The van der Waals surface area contributed by atoms with E-state index in [1.54, 1.807) is 0 Å². The van der Waals surface area contributed by atoms with Gasteiger partial charge in [-0.15, -0.1) is 0 Å². The number of rotatable bonds is 9. The predicted octanol–water partition coefficient (Wildman–Crippen LogP) is 5.96. The van der Waals surface area contributed by atoms with Gasteiger partial charge in [-0.2, -0.15) is 10.2 Å². The molecule has 8 aliphatic rings. The summed E-state index contributed by atoms with van der Waals surface area (Å²) in [7, 11) is 0. The van der Waals surface area contributed by atoms with Crippen LogP contribution in [0.4, 0.5) is 0 Å². The maximum Gasteiger partial charge on any atom is 0.240 e. The molecule has 0 aromatic heterocycles. The maximum absolute atomic E-state index is 12.4. The van der Waals surface area contributed by atoms with E-state index in [0.29, 0.717) is 25.7 Å². The van der Waals surface area contributed by atoms with Crippen LogP contribution in [0.1, 0.15) is 117 Å². The molecule has 8 fully saturated rings. The van der Waals surface area contributed by atoms with E-state index in [0.717, 1.165) is 46.9 Å². The van der Waals surface area contributed by atoms with Crippen LogP contribution in [0.25, 0.3) is 0 Å². The molecule has 0 aliphatic heterocycles. The molecule has 2 N–H and O–H groups in total. The van der Waals surface area contributed by atoms with Gasteiger partial charge in [-0.05, 0) is 139 Å². The molecule has 0 spiro atoms. The lowest BCUT2D eigenvalue weighted by molar-refractivity contribution is -0.123. The van der Waals surface area contributed by atoms with E-state index >= 15 is 0 Å². The van der Waals surface area contributed by atoms with Crippen LogP contribution < -0.4 is 10.9 Å². The molecule has 2 amide bonds. The fourth-order valence-electron chi connectivity index (χ4n) is 10.3. The molecule has 6 heteroatoms. The summed E-state index contributed by atoms with van der Waals surface area (Å²) in [6, 6.07) is 0. The Kier molecular flexibility index (Phi) is 6.52. The highest BCUT2D eigenvalue weighted by atomic mass is 16.2. The van der Waals surface area contributed by atoms with Crippen molar-refractivity contribution in [3.63, 3.8) is 0 Å². The van der Waals surface area contributed by atoms with Crippen molar-refractivity contribution in [3.8, 4) is 0 Å². The normalized spacial score (nSPS) is 42.6. The van der Waals surface area contributed by atoms with Crippen molar-refractivity contribution in [3.05, 3.63) is 0 Å². The van der Waals surface area contributed by atoms with Crippen LogP contribution in [0.3, 0.4) is 0 Å². The van der Waals surface area contributed by atoms with Crippen LogP contribution in [0.15, 0.2) is 10.2 Å². The molecule has 36 heavy (non-hydrogen) atoms. The Morgan fingerprint density at radius 3 is 1.14 bits per heavy atom. The summed E-state index contributed by atoms with van der Waals surface area (Å²) in [5, 5.41) is 9.15. The van der Waals surface area contributed by atoms with Gasteiger partial charge in [-0.25, -0.2) is 10.9 Å². The first-order valence-electron chi connectivity index (χ1n) is 15.0. The van der Waals surface area contributed by atoms with Gasteiger partial charge in [-0.1, -0.05) is 0 Å². The van der Waals surface area contributed by atoms with Crippen molar-refractivity contribution in [1.82, 2.24) is 10.9 Å². The summed E-state index contributed by atoms with van der Waals surface area (Å²) in [5.74, 6) is 5.21. The van der Waals surface area contributed by atoms with Gasteiger partial charge in [0.25, 0.3) is 0 Å². The van der Waals surface area contributed by atoms with Crippen molar-refractivity contribution in [2.45, 2.75) is 117 Å². The van der Waals surface area contributed by atoms with Crippen LogP contribution in [0.2, 0.25) is 0 Å². The van der Waals surface area contributed by atoms with Crippen molar-refractivity contribution in [2.75, 3.05) is 0 Å². The third-order valence-corrected chi connectivity index (χ3v) is 11.4. The summed E-state index contributed by atoms with van der Waals surface area (Å²) in [6.07, 6.45) is 18.3. The average molecular weight is 495 g/mol. The van der Waals surface area contributed by atoms with E-state index in [2.05, 4.69) is 34.9 Å². The van der Waals surface area contributed by atoms with E-state index in [9.17, 15) is 9.59 Å². The summed E-state index contributed by atoms with van der Waals surface area (Å²) in [4.78, 5) is 24.8. The number of nitrogens with zero attached hydrogens (tertiary/aromatic N) is 2. The third kappa shape index (κ3) is 4.78. The van der Waals surface area contributed by atoms with Gasteiger partial charge in [0.2, 0.25) is 11.8 Å². The van der Waals surface area contributed by atoms with Crippen LogP contribution >= 0.6 is 0 Å². The van der Waals surface area contributed by atoms with Gasteiger partial charge < -0.3 is 0 Å². The molecule has 8 rings (SSSR count). The summed E-state index contributed by atoms with van der Waals surface area (Å²) in [6.45, 7) is 4.26. The predicted molar refractivity (Wildman–Crippen MR) is 142 cm³/mol. The summed E-state index contributed by atoms with van der Waals surface area (Å²) < 4.78 is 0. The van der Waals surface area contributed by atoms with E-state index in [4.69, 9.17) is 0 Å². The van der Waals surface area contributed by atoms with Gasteiger partial charge in [0.15, 0.2) is 0 Å². The van der Waals surface area contributed by atoms with E-state index < -0.39 is 0 Å². The number of nitrogens with one attached hydrogen (secondary N) is 2. The molecule has 8 aliphatic carbocycles. The first kappa shape index (κ1) is 24.6. The van der Waals surface area contributed by atoms with Crippen LogP contribution in [-0.4, -0.2) is 23.2 Å². The molecule has 0 heterocycles. The average Bonchev–Trinajstić information content (AvgIpc) is 2.82. The number of hydrogen-bond acceptors (Lipinski definition) is 4. The van der Waals surface area contributed by atoms with E-state index in [1.165, 1.54) is 77.0 Å². The van der Waals surface area contributed by atoms with Gasteiger partial charge in [0.05, 0.1) is 0 Å². The minimum Gasteiger partial charge on any atom is -0.273 e. The standard InChI is InChI=1S/C30H46N4O2/c1-19(29-13-21-7-22(14-29)9-23(8-21)15-29)31-33-27(35)5-3-4-6-28(36)34-32-20(2)30-16-24-10-25(17-30)12-26(11-24)18-30/h21-26H,3-18H2,1-2H3,(H,33,35)(H,34,36)/b31-19+,32-20+. The molecule has 0 saturated heterocycles. The minimum absolute atomic E-state index is 0.0323. The number of carbonyl (C=O) groups excluding carboxylic acids is 2. The Bertz CT molecular complexity index is 804. The molecular formula is C30H46N4O2. The molecule has 0 radical (unpaired) electrons. The maximum atomic E-state index is 12.4. The molecule has 8 saturated carbocycles. The molecule has 0 aromatic carbocycles. The Balaban J connectivity index is 0.908. The minimum atomic E-state index is -0.0323. The summed E-state index contributed by atoms with van der Waals surface area (Å²) in [5.41, 5.74) is 8.42. The highest BCUT2D eigenvalue weighted by Crippen LogP contribution is 2.61.